The van der Waals surface area contributed by atoms with Crippen molar-refractivity contribution in [1.29, 1.82) is 0 Å². The summed E-state index contributed by atoms with van der Waals surface area (Å²) in [5.41, 5.74) is 31.5. The van der Waals surface area contributed by atoms with E-state index in [-0.39, 0.29) is 0 Å². The first-order valence-corrected chi connectivity index (χ1v) is 44.3. The summed E-state index contributed by atoms with van der Waals surface area (Å²) < 4.78 is 8.75. The van der Waals surface area contributed by atoms with Gasteiger partial charge in [0.05, 0.1) is 49.8 Å². The fourth-order valence-electron chi connectivity index (χ4n) is 20.9. The Labute approximate surface area is 734 Å². The number of hydrogen-bond donors (Lipinski definition) is 0. The minimum Gasteiger partial charge on any atom is -0.455 e. The molecule has 23 aromatic rings. The first kappa shape index (κ1) is 72.0. The lowest BCUT2D eigenvalue weighted by atomic mass is 9.67. The van der Waals surface area contributed by atoms with Crippen LogP contribution in [0.25, 0.3) is 183 Å². The number of benzene rings is 18. The minimum atomic E-state index is -0.484. The molecule has 0 saturated heterocycles. The zero-order chi connectivity index (χ0) is 82.7. The smallest absolute Gasteiger partial charge is 0.167 e. The third kappa shape index (κ3) is 10.8. The van der Waals surface area contributed by atoms with Gasteiger partial charge in [-0.25, -0.2) is 29.9 Å². The highest BCUT2D eigenvalue weighted by molar-refractivity contribution is 8.00. The van der Waals surface area contributed by atoms with Crippen molar-refractivity contribution in [2.45, 2.75) is 30.4 Å². The van der Waals surface area contributed by atoms with Crippen LogP contribution in [0, 0.1) is 0 Å². The first-order valence-electron chi connectivity index (χ1n) is 42.7. The van der Waals surface area contributed by atoms with E-state index < -0.39 is 10.8 Å². The van der Waals surface area contributed by atoms with E-state index in [4.69, 9.17) is 34.3 Å². The second-order valence-corrected chi connectivity index (χ2v) is 35.0. The molecule has 0 unspecified atom stereocenters. The summed E-state index contributed by atoms with van der Waals surface area (Å²) in [6.07, 6.45) is 0. The van der Waals surface area contributed by atoms with Gasteiger partial charge in [0, 0.05) is 96.2 Å². The van der Waals surface area contributed by atoms with E-state index in [0.717, 1.165) is 128 Å². The second-order valence-electron chi connectivity index (χ2n) is 32.9. The third-order valence-electron chi connectivity index (χ3n) is 26.3. The number of pyridine rings is 2. The van der Waals surface area contributed by atoms with Crippen LogP contribution in [-0.4, -0.2) is 34.5 Å². The first-order chi connectivity index (χ1) is 62.5. The van der Waals surface area contributed by atoms with E-state index in [9.17, 15) is 0 Å². The van der Waals surface area contributed by atoms with Crippen LogP contribution in [0.5, 0.6) is 0 Å². The number of nitrogens with zero attached hydrogens (tertiary/aromatic N) is 7. The Morgan fingerprint density at radius 3 is 1.21 bits per heavy atom. The van der Waals surface area contributed by atoms with E-state index in [2.05, 4.69) is 362 Å². The number of aromatic nitrogens is 7. The normalized spacial score (nSPS) is 13.3. The van der Waals surface area contributed by atoms with Crippen LogP contribution in [0.1, 0.15) is 44.5 Å². The largest absolute Gasteiger partial charge is 0.455 e. The lowest BCUT2D eigenvalue weighted by Gasteiger charge is -2.40. The monoisotopic (exact) mass is 1640 g/mol. The summed E-state index contributed by atoms with van der Waals surface area (Å²) in [4.78, 5) is 36.6. The van der Waals surface area contributed by atoms with Crippen molar-refractivity contribution in [2.24, 2.45) is 0 Å². The van der Waals surface area contributed by atoms with Crippen molar-refractivity contribution in [3.05, 3.63) is 463 Å². The number of hydrogen-bond acceptors (Lipinski definition) is 9. The molecule has 7 heterocycles. The average molecular weight is 1640 g/mol. The SMILES string of the molecule is c1ccc(-c2nc(-c3cccc(-c4nc5ccccc5c5c6c(ccc45)C4(c5ccccc5S6)c5ccccc5-c5ccccc54)c3)nc(-c3cccc4c3oc3ccccc34)n2)cc1.c1ccc(-n2c(-c3ccc(-c4cccc(-c5nc6ccccc6c6c7c(ccc56)C5(c6ccccc6S7)c6ccccc6-c6ccccc65)c4)cc3)nc3ccccc32)cc1. The predicted octanol–water partition coefficient (Wildman–Crippen LogP) is 29.5. The van der Waals surface area contributed by atoms with E-state index in [0.29, 0.717) is 17.5 Å². The van der Waals surface area contributed by atoms with Gasteiger partial charge in [0.25, 0.3) is 0 Å². The van der Waals surface area contributed by atoms with Crippen LogP contribution in [-0.2, 0) is 10.8 Å². The molecular formula is C116H69N7OS2. The molecule has 586 valence electrons. The fraction of sp³-hybridized carbons (Fsp3) is 0.0172. The Bertz CT molecular complexity index is 8420. The van der Waals surface area contributed by atoms with Crippen LogP contribution in [0.2, 0.25) is 0 Å². The molecule has 10 heteroatoms. The molecule has 4 aliphatic rings. The zero-order valence-corrected chi connectivity index (χ0v) is 69.3. The fourth-order valence-corrected chi connectivity index (χ4v) is 23.6. The molecule has 126 heavy (non-hydrogen) atoms. The van der Waals surface area contributed by atoms with Crippen molar-refractivity contribution >= 4 is 99.8 Å². The van der Waals surface area contributed by atoms with Crippen molar-refractivity contribution in [1.82, 2.24) is 34.5 Å². The standard InChI is InChI=1S/C59H34N4OS.C57H35N3S/c1-2-16-35(17-3-1)56-61-57(63-58(62-56)44-25-15-24-41-40-22-7-12-30-50(40)64-54(41)44)37-19-14-18-36(34-37)53-43-32-33-48-55(52(43)42-23-6-11-29-49(42)60-53)65-51-31-13-10-28-47(51)59(48)45-26-8-4-20-38(45)39-21-5-9-27-46(39)59;1-2-17-40(18-3-1)60-51-27-12-11-26-50(51)59-56(60)37-31-29-36(30-32-37)38-15-14-16-39(35-38)54-44-33-34-48-55(53(44)43-21-6-10-25-49(43)58-54)61-52-28-13-9-24-47(52)57(48)45-22-7-4-19-41(45)42-20-5-8-23-46(42)57/h1-34H;1-35H. The zero-order valence-electron chi connectivity index (χ0n) is 67.7. The molecule has 0 fully saturated rings. The summed E-state index contributed by atoms with van der Waals surface area (Å²) in [7, 11) is 0. The molecule has 18 aromatic carbocycles. The molecule has 2 spiro atoms. The lowest BCUT2D eigenvalue weighted by molar-refractivity contribution is 0.669. The van der Waals surface area contributed by atoms with Gasteiger partial charge in [-0.15, -0.1) is 0 Å². The Morgan fingerprint density at radius 1 is 0.238 bits per heavy atom. The molecule has 27 rings (SSSR count). The van der Waals surface area contributed by atoms with Gasteiger partial charge in [0.15, 0.2) is 17.5 Å². The summed E-state index contributed by atoms with van der Waals surface area (Å²) in [5.74, 6) is 2.63. The van der Waals surface area contributed by atoms with Gasteiger partial charge in [-0.2, -0.15) is 0 Å². The third-order valence-corrected chi connectivity index (χ3v) is 28.7. The van der Waals surface area contributed by atoms with Crippen molar-refractivity contribution in [3.8, 4) is 107 Å². The highest BCUT2D eigenvalue weighted by Crippen LogP contribution is 2.66. The highest BCUT2D eigenvalue weighted by Gasteiger charge is 2.52. The summed E-state index contributed by atoms with van der Waals surface area (Å²) in [5, 5.41) is 9.11. The van der Waals surface area contributed by atoms with Gasteiger partial charge < -0.3 is 4.42 Å². The quantitative estimate of drug-likeness (QED) is 0.138. The van der Waals surface area contributed by atoms with Gasteiger partial charge >= 0.3 is 0 Å². The van der Waals surface area contributed by atoms with Crippen LogP contribution in [0.15, 0.2) is 443 Å². The Hall–Kier alpha value is -15.7. The van der Waals surface area contributed by atoms with Crippen molar-refractivity contribution in [2.75, 3.05) is 0 Å². The molecule has 0 N–H and O–H groups in total. The maximum atomic E-state index is 6.50. The van der Waals surface area contributed by atoms with E-state index in [1.807, 2.05) is 84.2 Å². The topological polar surface area (TPSA) is 95.4 Å². The lowest BCUT2D eigenvalue weighted by Crippen LogP contribution is -2.32. The highest BCUT2D eigenvalue weighted by atomic mass is 32.2. The van der Waals surface area contributed by atoms with Crippen LogP contribution >= 0.6 is 23.5 Å². The Morgan fingerprint density at radius 2 is 0.643 bits per heavy atom. The van der Waals surface area contributed by atoms with E-state index >= 15 is 0 Å². The molecular weight excluding hydrogens is 1570 g/mol. The molecule has 5 aromatic heterocycles. The maximum Gasteiger partial charge on any atom is 0.167 e. The number of furan rings is 1. The minimum absolute atomic E-state index is 0.444. The number of imidazole rings is 1. The van der Waals surface area contributed by atoms with Gasteiger partial charge in [0.2, 0.25) is 0 Å². The summed E-state index contributed by atoms with van der Waals surface area (Å²) in [6.45, 7) is 0. The number of para-hydroxylation sites is 7. The van der Waals surface area contributed by atoms with Crippen molar-refractivity contribution in [3.63, 3.8) is 0 Å². The number of fused-ring (bicyclic) bond motifs is 30. The van der Waals surface area contributed by atoms with Crippen LogP contribution in [0.4, 0.5) is 0 Å². The van der Waals surface area contributed by atoms with Gasteiger partial charge in [0.1, 0.15) is 17.0 Å². The molecule has 2 aliphatic heterocycles. The maximum absolute atomic E-state index is 6.50. The average Bonchev–Trinajstić information content (AvgIpc) is 1.50. The van der Waals surface area contributed by atoms with Crippen LogP contribution in [0.3, 0.4) is 0 Å². The molecule has 0 atom stereocenters. The second kappa shape index (κ2) is 28.4. The molecule has 0 saturated carbocycles. The van der Waals surface area contributed by atoms with Crippen molar-refractivity contribution < 1.29 is 4.42 Å². The van der Waals surface area contributed by atoms with Gasteiger partial charge in [-0.1, -0.05) is 369 Å². The van der Waals surface area contributed by atoms with Gasteiger partial charge in [-0.05, 0) is 151 Å². The molecule has 0 radical (unpaired) electrons. The Balaban J connectivity index is 0.000000134. The number of rotatable bonds is 8. The van der Waals surface area contributed by atoms with E-state index in [1.54, 1.807) is 0 Å². The molecule has 8 nitrogen and oxygen atoms in total. The summed E-state index contributed by atoms with van der Waals surface area (Å²) in [6, 6.07) is 150. The predicted molar refractivity (Wildman–Crippen MR) is 515 cm³/mol. The van der Waals surface area contributed by atoms with Crippen LogP contribution < -0.4 is 0 Å². The molecule has 2 aliphatic carbocycles. The summed E-state index contributed by atoms with van der Waals surface area (Å²) >= 11 is 3.79. The Kier molecular flexibility index (Phi) is 16.2. The van der Waals surface area contributed by atoms with Gasteiger partial charge in [-0.3, -0.25) is 4.57 Å². The molecule has 0 bridgehead atoms. The van der Waals surface area contributed by atoms with E-state index in [1.165, 1.54) is 103 Å². The molecule has 0 amide bonds.